The molecule has 0 aliphatic carbocycles. The van der Waals surface area contributed by atoms with E-state index in [2.05, 4.69) is 20.3 Å². The predicted molar refractivity (Wildman–Crippen MR) is 127 cm³/mol. The third kappa shape index (κ3) is 4.19. The van der Waals surface area contributed by atoms with Gasteiger partial charge in [0.1, 0.15) is 5.65 Å². The number of ether oxygens (including phenoxy) is 1. The zero-order chi connectivity index (χ0) is 22.8. The maximum Gasteiger partial charge on any atom is 0.253 e. The number of fused-ring (bicyclic) bond motifs is 1. The van der Waals surface area contributed by atoms with Gasteiger partial charge in [0.05, 0.1) is 16.0 Å². The first kappa shape index (κ1) is 21.8. The normalized spacial score (nSPS) is 15.5. The maximum absolute atomic E-state index is 13.4. The van der Waals surface area contributed by atoms with E-state index in [0.29, 0.717) is 52.3 Å². The number of hydrogen-bond donors (Lipinski definition) is 1. The monoisotopic (exact) mass is 481 g/mol. The molecule has 1 aromatic carbocycles. The fourth-order valence-electron chi connectivity index (χ4n) is 4.33. The highest BCUT2D eigenvalue weighted by Gasteiger charge is 2.35. The number of rotatable bonds is 5. The molecule has 4 aromatic rings. The zero-order valence-corrected chi connectivity index (χ0v) is 19.2. The number of pyridine rings is 1. The number of benzene rings is 1. The number of nitrogens with zero attached hydrogens (tertiary/aromatic N) is 4. The van der Waals surface area contributed by atoms with Gasteiger partial charge in [0.15, 0.2) is 0 Å². The summed E-state index contributed by atoms with van der Waals surface area (Å²) >= 11 is 12.6. The Kier molecular flexibility index (Phi) is 6.01. The van der Waals surface area contributed by atoms with E-state index in [4.69, 9.17) is 27.9 Å². The first-order valence-corrected chi connectivity index (χ1v) is 11.4. The second-order valence-electron chi connectivity index (χ2n) is 8.04. The van der Waals surface area contributed by atoms with Crippen LogP contribution in [-0.2, 0) is 10.2 Å². The van der Waals surface area contributed by atoms with Crippen molar-refractivity contribution >= 4 is 40.1 Å². The molecular formula is C24H21Cl2N5O2. The van der Waals surface area contributed by atoms with Crippen molar-refractivity contribution in [3.8, 4) is 5.95 Å². The van der Waals surface area contributed by atoms with E-state index in [1.165, 1.54) is 0 Å². The van der Waals surface area contributed by atoms with Gasteiger partial charge in [0.2, 0.25) is 5.95 Å². The smallest absolute Gasteiger partial charge is 0.253 e. The Hall–Kier alpha value is -3.00. The number of aromatic nitrogens is 4. The van der Waals surface area contributed by atoms with Gasteiger partial charge >= 0.3 is 0 Å². The van der Waals surface area contributed by atoms with Crippen molar-refractivity contribution in [2.24, 2.45) is 0 Å². The van der Waals surface area contributed by atoms with Gasteiger partial charge in [0, 0.05) is 55.0 Å². The fraction of sp³-hybridized carbons (Fsp3) is 0.250. The first-order valence-electron chi connectivity index (χ1n) is 10.6. The molecule has 0 atom stereocenters. The number of carbonyl (C=O) groups is 1. The molecular weight excluding hydrogens is 461 g/mol. The summed E-state index contributed by atoms with van der Waals surface area (Å²) in [7, 11) is 0. The SMILES string of the molecule is O=C(NCC1(c2ccc(Cl)cc2)CCOCC1)c1cn(-c2ncccn2)c2nccc(Cl)c12. The standard InChI is InChI=1S/C24H21Cl2N5O2/c25-17-4-2-16(3-5-17)24(7-12-33-13-8-24)15-30-22(32)18-14-31(23-28-9-1-10-29-23)21-20(18)19(26)6-11-27-21/h1-6,9-11,14H,7-8,12-13,15H2,(H,30,32). The summed E-state index contributed by atoms with van der Waals surface area (Å²) < 4.78 is 7.29. The number of nitrogens with one attached hydrogen (secondary N) is 1. The van der Waals surface area contributed by atoms with Gasteiger partial charge in [-0.3, -0.25) is 9.36 Å². The predicted octanol–water partition coefficient (Wildman–Crippen LogP) is 4.60. The summed E-state index contributed by atoms with van der Waals surface area (Å²) in [5, 5.41) is 4.83. The van der Waals surface area contributed by atoms with Crippen molar-refractivity contribution in [2.75, 3.05) is 19.8 Å². The van der Waals surface area contributed by atoms with Crippen LogP contribution in [-0.4, -0.2) is 45.2 Å². The Morgan fingerprint density at radius 3 is 2.48 bits per heavy atom. The van der Waals surface area contributed by atoms with Crippen LogP contribution in [0.1, 0.15) is 28.8 Å². The fourth-order valence-corrected chi connectivity index (χ4v) is 4.70. The molecule has 3 aromatic heterocycles. The van der Waals surface area contributed by atoms with E-state index >= 15 is 0 Å². The zero-order valence-electron chi connectivity index (χ0n) is 17.7. The molecule has 0 bridgehead atoms. The molecule has 1 fully saturated rings. The number of halogens is 2. The Labute approximate surface area is 200 Å². The molecule has 1 amide bonds. The lowest BCUT2D eigenvalue weighted by Crippen LogP contribution is -2.44. The topological polar surface area (TPSA) is 81.9 Å². The van der Waals surface area contributed by atoms with Gasteiger partial charge in [0.25, 0.3) is 5.91 Å². The van der Waals surface area contributed by atoms with Gasteiger partial charge in [-0.1, -0.05) is 35.3 Å². The van der Waals surface area contributed by atoms with Crippen LogP contribution in [0.3, 0.4) is 0 Å². The Morgan fingerprint density at radius 1 is 1.03 bits per heavy atom. The van der Waals surface area contributed by atoms with Crippen LogP contribution in [0.15, 0.2) is 61.2 Å². The van der Waals surface area contributed by atoms with Crippen LogP contribution in [0, 0.1) is 0 Å². The summed E-state index contributed by atoms with van der Waals surface area (Å²) in [5.74, 6) is 0.183. The van der Waals surface area contributed by atoms with Crippen LogP contribution in [0.5, 0.6) is 0 Å². The van der Waals surface area contributed by atoms with Gasteiger partial charge in [-0.05, 0) is 42.7 Å². The molecule has 1 aliphatic heterocycles. The Morgan fingerprint density at radius 2 is 1.76 bits per heavy atom. The summed E-state index contributed by atoms with van der Waals surface area (Å²) in [6.07, 6.45) is 8.17. The summed E-state index contributed by atoms with van der Waals surface area (Å²) in [4.78, 5) is 26.4. The molecule has 9 heteroatoms. The van der Waals surface area contributed by atoms with E-state index in [1.54, 1.807) is 41.5 Å². The van der Waals surface area contributed by atoms with Crippen LogP contribution < -0.4 is 5.32 Å². The second-order valence-corrected chi connectivity index (χ2v) is 8.88. The van der Waals surface area contributed by atoms with Crippen molar-refractivity contribution in [3.63, 3.8) is 0 Å². The summed E-state index contributed by atoms with van der Waals surface area (Å²) in [6.45, 7) is 1.74. The highest BCUT2D eigenvalue weighted by atomic mass is 35.5. The molecule has 1 saturated heterocycles. The van der Waals surface area contributed by atoms with E-state index in [-0.39, 0.29) is 11.3 Å². The van der Waals surface area contributed by atoms with Crippen molar-refractivity contribution < 1.29 is 9.53 Å². The van der Waals surface area contributed by atoms with E-state index in [0.717, 1.165) is 18.4 Å². The molecule has 1 N–H and O–H groups in total. The molecule has 0 unspecified atom stereocenters. The van der Waals surface area contributed by atoms with E-state index < -0.39 is 0 Å². The third-order valence-corrected chi connectivity index (χ3v) is 6.71. The lowest BCUT2D eigenvalue weighted by molar-refractivity contribution is 0.0487. The molecule has 168 valence electrons. The van der Waals surface area contributed by atoms with Crippen molar-refractivity contribution in [3.05, 3.63) is 82.4 Å². The first-order chi connectivity index (χ1) is 16.1. The Bertz CT molecular complexity index is 1290. The minimum atomic E-state index is -0.235. The van der Waals surface area contributed by atoms with Gasteiger partial charge in [-0.2, -0.15) is 0 Å². The van der Waals surface area contributed by atoms with Crippen LogP contribution in [0.2, 0.25) is 10.0 Å². The van der Waals surface area contributed by atoms with Crippen LogP contribution in [0.25, 0.3) is 17.0 Å². The number of amides is 1. The average Bonchev–Trinajstić information content (AvgIpc) is 3.25. The second kappa shape index (κ2) is 9.09. The highest BCUT2D eigenvalue weighted by Crippen LogP contribution is 2.35. The minimum absolute atomic E-state index is 0.232. The van der Waals surface area contributed by atoms with Gasteiger partial charge in [-0.15, -0.1) is 0 Å². The number of carbonyl (C=O) groups excluding carboxylic acids is 1. The molecule has 7 nitrogen and oxygen atoms in total. The average molecular weight is 482 g/mol. The molecule has 5 rings (SSSR count). The molecule has 4 heterocycles. The molecule has 0 saturated carbocycles. The third-order valence-electron chi connectivity index (χ3n) is 6.14. The number of hydrogen-bond acceptors (Lipinski definition) is 5. The Balaban J connectivity index is 1.48. The van der Waals surface area contributed by atoms with Gasteiger partial charge < -0.3 is 10.1 Å². The lowest BCUT2D eigenvalue weighted by Gasteiger charge is -2.38. The largest absolute Gasteiger partial charge is 0.381 e. The summed E-state index contributed by atoms with van der Waals surface area (Å²) in [6, 6.07) is 11.2. The van der Waals surface area contributed by atoms with Crippen LogP contribution in [0.4, 0.5) is 0 Å². The van der Waals surface area contributed by atoms with Crippen molar-refractivity contribution in [2.45, 2.75) is 18.3 Å². The molecule has 1 aliphatic rings. The maximum atomic E-state index is 13.4. The molecule has 0 radical (unpaired) electrons. The van der Waals surface area contributed by atoms with Crippen molar-refractivity contribution in [1.82, 2.24) is 24.8 Å². The van der Waals surface area contributed by atoms with Gasteiger partial charge in [-0.25, -0.2) is 15.0 Å². The van der Waals surface area contributed by atoms with E-state index in [1.807, 2.05) is 24.3 Å². The lowest BCUT2D eigenvalue weighted by atomic mass is 9.74. The quantitative estimate of drug-likeness (QED) is 0.450. The molecule has 0 spiro atoms. The summed E-state index contributed by atoms with van der Waals surface area (Å²) in [5.41, 5.74) is 1.85. The van der Waals surface area contributed by atoms with Crippen molar-refractivity contribution in [1.29, 1.82) is 0 Å². The van der Waals surface area contributed by atoms with E-state index in [9.17, 15) is 4.79 Å². The van der Waals surface area contributed by atoms with Crippen LogP contribution >= 0.6 is 23.2 Å². The minimum Gasteiger partial charge on any atom is -0.381 e. The molecule has 33 heavy (non-hydrogen) atoms. The highest BCUT2D eigenvalue weighted by molar-refractivity contribution is 6.36.